The predicted octanol–water partition coefficient (Wildman–Crippen LogP) is 5.09. The SMILES string of the molecule is COc1cc(/C=C2/C(=O)NC(=O)N(c3ccc(C)cc3)C2=O)cc(Cl)c1OCCOc1ccc(C)cc1. The van der Waals surface area contributed by atoms with Gasteiger partial charge < -0.3 is 14.2 Å². The van der Waals surface area contributed by atoms with Crippen molar-refractivity contribution >= 4 is 41.2 Å². The number of halogens is 1. The number of anilines is 1. The van der Waals surface area contributed by atoms with Crippen molar-refractivity contribution in [3.8, 4) is 17.2 Å². The monoisotopic (exact) mass is 520 g/mol. The van der Waals surface area contributed by atoms with Crippen LogP contribution in [0.25, 0.3) is 6.08 Å². The number of benzene rings is 3. The van der Waals surface area contributed by atoms with Gasteiger partial charge in [-0.25, -0.2) is 9.69 Å². The summed E-state index contributed by atoms with van der Waals surface area (Å²) in [4.78, 5) is 39.0. The minimum Gasteiger partial charge on any atom is -0.493 e. The Balaban J connectivity index is 1.52. The third kappa shape index (κ3) is 5.92. The summed E-state index contributed by atoms with van der Waals surface area (Å²) in [6.45, 7) is 4.38. The first kappa shape index (κ1) is 25.8. The Morgan fingerprint density at radius 2 is 1.51 bits per heavy atom. The van der Waals surface area contributed by atoms with Crippen LogP contribution >= 0.6 is 11.6 Å². The molecule has 4 amide bonds. The van der Waals surface area contributed by atoms with Crippen molar-refractivity contribution in [3.05, 3.63) is 87.9 Å². The number of nitrogens with one attached hydrogen (secondary N) is 1. The fourth-order valence-electron chi connectivity index (χ4n) is 3.65. The van der Waals surface area contributed by atoms with Crippen LogP contribution in [-0.4, -0.2) is 38.2 Å². The van der Waals surface area contributed by atoms with E-state index >= 15 is 0 Å². The third-order valence-corrected chi connectivity index (χ3v) is 5.86. The number of carbonyl (C=O) groups excluding carboxylic acids is 3. The largest absolute Gasteiger partial charge is 0.493 e. The molecule has 1 fully saturated rings. The Morgan fingerprint density at radius 1 is 0.892 bits per heavy atom. The van der Waals surface area contributed by atoms with Crippen molar-refractivity contribution < 1.29 is 28.6 Å². The molecule has 0 radical (unpaired) electrons. The van der Waals surface area contributed by atoms with E-state index in [-0.39, 0.29) is 23.8 Å². The highest BCUT2D eigenvalue weighted by Crippen LogP contribution is 2.37. The fourth-order valence-corrected chi connectivity index (χ4v) is 3.93. The standard InChI is InChI=1S/C28H25ClN2O6/c1-17-4-8-20(9-5-17)31-27(33)22(26(32)30-28(31)34)14-19-15-23(29)25(24(16-19)35-3)37-13-12-36-21-10-6-18(2)7-11-21/h4-11,14-16H,12-13H2,1-3H3,(H,30,32,34)/b22-14-. The molecule has 9 heteroatoms. The van der Waals surface area contributed by atoms with Gasteiger partial charge in [0.25, 0.3) is 11.8 Å². The summed E-state index contributed by atoms with van der Waals surface area (Å²) < 4.78 is 16.9. The Hall–Kier alpha value is -4.30. The highest BCUT2D eigenvalue weighted by molar-refractivity contribution is 6.39. The lowest BCUT2D eigenvalue weighted by Crippen LogP contribution is -2.54. The van der Waals surface area contributed by atoms with Gasteiger partial charge in [-0.2, -0.15) is 0 Å². The Kier molecular flexibility index (Phi) is 7.79. The number of barbiturate groups is 1. The van der Waals surface area contributed by atoms with Crippen LogP contribution in [0.2, 0.25) is 5.02 Å². The van der Waals surface area contributed by atoms with E-state index in [9.17, 15) is 14.4 Å². The second-order valence-corrected chi connectivity index (χ2v) is 8.74. The summed E-state index contributed by atoms with van der Waals surface area (Å²) in [6.07, 6.45) is 1.35. The normalized spacial score (nSPS) is 14.5. The van der Waals surface area contributed by atoms with E-state index in [0.717, 1.165) is 21.8 Å². The van der Waals surface area contributed by atoms with Crippen molar-refractivity contribution in [3.63, 3.8) is 0 Å². The number of imide groups is 2. The highest BCUT2D eigenvalue weighted by atomic mass is 35.5. The first-order valence-electron chi connectivity index (χ1n) is 11.4. The highest BCUT2D eigenvalue weighted by Gasteiger charge is 2.36. The van der Waals surface area contributed by atoms with Gasteiger partial charge in [-0.15, -0.1) is 0 Å². The van der Waals surface area contributed by atoms with Crippen molar-refractivity contribution in [2.75, 3.05) is 25.2 Å². The number of urea groups is 1. The third-order valence-electron chi connectivity index (χ3n) is 5.58. The van der Waals surface area contributed by atoms with Crippen LogP contribution < -0.4 is 24.4 Å². The van der Waals surface area contributed by atoms with Crippen LogP contribution in [0.1, 0.15) is 16.7 Å². The van der Waals surface area contributed by atoms with Crippen LogP contribution in [0.15, 0.2) is 66.2 Å². The van der Waals surface area contributed by atoms with Crippen molar-refractivity contribution in [1.29, 1.82) is 0 Å². The molecule has 0 unspecified atom stereocenters. The number of hydrogen-bond donors (Lipinski definition) is 1. The molecule has 1 aliphatic rings. The number of rotatable bonds is 8. The molecule has 0 bridgehead atoms. The number of carbonyl (C=O) groups is 3. The molecule has 190 valence electrons. The van der Waals surface area contributed by atoms with Crippen LogP contribution in [0.4, 0.5) is 10.5 Å². The summed E-state index contributed by atoms with van der Waals surface area (Å²) >= 11 is 6.45. The molecule has 0 spiro atoms. The van der Waals surface area contributed by atoms with Gasteiger partial charge in [0, 0.05) is 0 Å². The van der Waals surface area contributed by atoms with Gasteiger partial charge in [0.2, 0.25) is 0 Å². The lowest BCUT2D eigenvalue weighted by Gasteiger charge is -2.26. The Morgan fingerprint density at radius 3 is 2.16 bits per heavy atom. The van der Waals surface area contributed by atoms with Gasteiger partial charge in [0.05, 0.1) is 17.8 Å². The zero-order valence-electron chi connectivity index (χ0n) is 20.5. The number of ether oxygens (including phenoxy) is 3. The molecule has 1 aliphatic heterocycles. The van der Waals surface area contributed by atoms with Crippen LogP contribution in [-0.2, 0) is 9.59 Å². The second kappa shape index (κ2) is 11.2. The summed E-state index contributed by atoms with van der Waals surface area (Å²) in [7, 11) is 1.45. The fraction of sp³-hybridized carbons (Fsp3) is 0.179. The van der Waals surface area contributed by atoms with E-state index < -0.39 is 17.8 Å². The van der Waals surface area contributed by atoms with Gasteiger partial charge in [-0.3, -0.25) is 14.9 Å². The average molecular weight is 521 g/mol. The predicted molar refractivity (Wildman–Crippen MR) is 140 cm³/mol. The van der Waals surface area contributed by atoms with Gasteiger partial charge in [0.15, 0.2) is 11.5 Å². The molecule has 8 nitrogen and oxygen atoms in total. The first-order valence-corrected chi connectivity index (χ1v) is 11.8. The molecule has 37 heavy (non-hydrogen) atoms. The number of aryl methyl sites for hydroxylation is 2. The van der Waals surface area contributed by atoms with Gasteiger partial charge >= 0.3 is 6.03 Å². The second-order valence-electron chi connectivity index (χ2n) is 8.34. The zero-order valence-corrected chi connectivity index (χ0v) is 21.3. The van der Waals surface area contributed by atoms with Gasteiger partial charge in [0.1, 0.15) is 24.5 Å². The van der Waals surface area contributed by atoms with Crippen LogP contribution in [0.5, 0.6) is 17.2 Å². The molecule has 0 saturated carbocycles. The van der Waals surface area contributed by atoms with Crippen molar-refractivity contribution in [2.45, 2.75) is 13.8 Å². The molecule has 0 atom stereocenters. The maximum atomic E-state index is 13.1. The molecule has 4 rings (SSSR count). The summed E-state index contributed by atoms with van der Waals surface area (Å²) in [5.74, 6) is -0.217. The molecular formula is C28H25ClN2O6. The minimum atomic E-state index is -0.816. The zero-order chi connectivity index (χ0) is 26.5. The Labute approximate surface area is 219 Å². The maximum Gasteiger partial charge on any atom is 0.335 e. The topological polar surface area (TPSA) is 94.2 Å². The molecule has 1 heterocycles. The molecule has 1 N–H and O–H groups in total. The minimum absolute atomic E-state index is 0.207. The quantitative estimate of drug-likeness (QED) is 0.252. The summed E-state index contributed by atoms with van der Waals surface area (Å²) in [5, 5.41) is 2.42. The number of nitrogens with zero attached hydrogens (tertiary/aromatic N) is 1. The first-order chi connectivity index (χ1) is 17.8. The molecule has 0 aliphatic carbocycles. The molecule has 3 aromatic rings. The van der Waals surface area contributed by atoms with Crippen molar-refractivity contribution in [1.82, 2.24) is 5.32 Å². The number of methoxy groups -OCH3 is 1. The number of amides is 4. The lowest BCUT2D eigenvalue weighted by atomic mass is 10.1. The summed E-state index contributed by atoms with van der Waals surface area (Å²) in [6, 6.07) is 16.8. The number of hydrogen-bond acceptors (Lipinski definition) is 6. The van der Waals surface area contributed by atoms with Crippen molar-refractivity contribution in [2.24, 2.45) is 0 Å². The van der Waals surface area contributed by atoms with E-state index in [4.69, 9.17) is 25.8 Å². The maximum absolute atomic E-state index is 13.1. The van der Waals surface area contributed by atoms with Gasteiger partial charge in [-0.1, -0.05) is 47.0 Å². The molecule has 3 aromatic carbocycles. The van der Waals surface area contributed by atoms with E-state index in [1.165, 1.54) is 13.2 Å². The van der Waals surface area contributed by atoms with E-state index in [2.05, 4.69) is 5.32 Å². The van der Waals surface area contributed by atoms with Crippen LogP contribution in [0, 0.1) is 13.8 Å². The molecular weight excluding hydrogens is 496 g/mol. The van der Waals surface area contributed by atoms with Gasteiger partial charge in [-0.05, 0) is 61.9 Å². The molecule has 0 aromatic heterocycles. The smallest absolute Gasteiger partial charge is 0.335 e. The molecule has 1 saturated heterocycles. The lowest BCUT2D eigenvalue weighted by molar-refractivity contribution is -0.122. The van der Waals surface area contributed by atoms with E-state index in [0.29, 0.717) is 22.7 Å². The Bertz CT molecular complexity index is 1370. The van der Waals surface area contributed by atoms with E-state index in [1.807, 2.05) is 38.1 Å². The average Bonchev–Trinajstić information content (AvgIpc) is 2.87. The summed E-state index contributed by atoms with van der Waals surface area (Å²) in [5.41, 5.74) is 2.64. The van der Waals surface area contributed by atoms with Crippen LogP contribution in [0.3, 0.4) is 0 Å². The van der Waals surface area contributed by atoms with E-state index in [1.54, 1.807) is 36.4 Å².